The average molecular weight is 628 g/mol. The van der Waals surface area contributed by atoms with Gasteiger partial charge < -0.3 is 9.47 Å². The van der Waals surface area contributed by atoms with Gasteiger partial charge in [0.1, 0.15) is 29.7 Å². The third-order valence-electron chi connectivity index (χ3n) is 8.11. The van der Waals surface area contributed by atoms with Crippen molar-refractivity contribution in [1.82, 2.24) is 14.7 Å². The third kappa shape index (κ3) is 5.33. The van der Waals surface area contributed by atoms with Gasteiger partial charge in [0.15, 0.2) is 0 Å². The van der Waals surface area contributed by atoms with Crippen LogP contribution in [0.5, 0.6) is 23.0 Å². The van der Waals surface area contributed by atoms with Crippen molar-refractivity contribution in [3.8, 4) is 23.0 Å². The van der Waals surface area contributed by atoms with Gasteiger partial charge in [0, 0.05) is 18.7 Å². The molecule has 3 aliphatic heterocycles. The summed E-state index contributed by atoms with van der Waals surface area (Å²) in [7, 11) is 0. The highest BCUT2D eigenvalue weighted by molar-refractivity contribution is 6.22. The first-order valence-electron chi connectivity index (χ1n) is 14.8. The molecule has 6 amide bonds. The zero-order valence-corrected chi connectivity index (χ0v) is 25.0. The second kappa shape index (κ2) is 11.5. The molecule has 0 spiro atoms. The Balaban J connectivity index is 0.965. The molecule has 4 aromatic carbocycles. The van der Waals surface area contributed by atoms with Crippen LogP contribution in [0.3, 0.4) is 0 Å². The minimum atomic E-state index is -0.614. The van der Waals surface area contributed by atoms with Gasteiger partial charge in [-0.05, 0) is 85.1 Å². The van der Waals surface area contributed by atoms with Crippen LogP contribution < -0.4 is 9.47 Å². The summed E-state index contributed by atoms with van der Waals surface area (Å²) in [5, 5.41) is 0. The number of amides is 6. The number of fused-ring (bicyclic) bond motifs is 2. The minimum Gasteiger partial charge on any atom is -0.457 e. The fourth-order valence-corrected chi connectivity index (χ4v) is 5.65. The maximum Gasteiger partial charge on any atom is 0.263 e. The molecule has 0 saturated heterocycles. The van der Waals surface area contributed by atoms with Gasteiger partial charge in [0.25, 0.3) is 35.4 Å². The summed E-state index contributed by atoms with van der Waals surface area (Å²) < 4.78 is 11.9. The molecular weight excluding hydrogens is 602 g/mol. The van der Waals surface area contributed by atoms with E-state index < -0.39 is 30.3 Å². The number of rotatable bonds is 9. The van der Waals surface area contributed by atoms with Gasteiger partial charge in [-0.25, -0.2) is 0 Å². The maximum atomic E-state index is 13.0. The first-order valence-corrected chi connectivity index (χ1v) is 14.8. The van der Waals surface area contributed by atoms with Gasteiger partial charge in [-0.1, -0.05) is 24.3 Å². The van der Waals surface area contributed by atoms with Crippen LogP contribution in [0.15, 0.2) is 97.1 Å². The zero-order valence-electron chi connectivity index (χ0n) is 25.0. The van der Waals surface area contributed by atoms with E-state index in [4.69, 9.17) is 9.47 Å². The molecule has 0 radical (unpaired) electrons. The van der Waals surface area contributed by atoms with Gasteiger partial charge in [-0.3, -0.25) is 43.5 Å². The first-order chi connectivity index (χ1) is 22.7. The monoisotopic (exact) mass is 627 g/mol. The lowest BCUT2D eigenvalue weighted by atomic mass is 10.0. The number of carbonyl (C=O) groups is 6. The Morgan fingerprint density at radius 3 is 1.34 bits per heavy atom. The summed E-state index contributed by atoms with van der Waals surface area (Å²) in [4.78, 5) is 77.3. The van der Waals surface area contributed by atoms with Crippen molar-refractivity contribution in [3.63, 3.8) is 0 Å². The fourth-order valence-electron chi connectivity index (χ4n) is 5.65. The minimum absolute atomic E-state index is 0.131. The van der Waals surface area contributed by atoms with Crippen LogP contribution in [-0.4, -0.2) is 63.4 Å². The Bertz CT molecular complexity index is 2030. The normalized spacial score (nSPS) is 15.2. The van der Waals surface area contributed by atoms with E-state index in [1.54, 1.807) is 43.3 Å². The number of ether oxygens (including phenoxy) is 2. The van der Waals surface area contributed by atoms with Crippen LogP contribution in [0.2, 0.25) is 0 Å². The van der Waals surface area contributed by atoms with Gasteiger partial charge in [0.05, 0.1) is 22.3 Å². The van der Waals surface area contributed by atoms with Crippen LogP contribution in [-0.2, 0) is 16.0 Å². The molecule has 11 nitrogen and oxygen atoms in total. The van der Waals surface area contributed by atoms with E-state index in [1.807, 2.05) is 36.4 Å². The van der Waals surface area contributed by atoms with E-state index in [-0.39, 0.29) is 22.9 Å². The van der Waals surface area contributed by atoms with E-state index in [2.05, 4.69) is 0 Å². The summed E-state index contributed by atoms with van der Waals surface area (Å²) in [5.74, 6) is -1.04. The second-order valence-electron chi connectivity index (χ2n) is 11.1. The molecule has 0 saturated carbocycles. The topological polar surface area (TPSA) is 131 Å². The maximum absolute atomic E-state index is 13.0. The van der Waals surface area contributed by atoms with Crippen molar-refractivity contribution in [3.05, 3.63) is 130 Å². The highest BCUT2D eigenvalue weighted by atomic mass is 16.5. The Hall–Kier alpha value is -6.36. The Morgan fingerprint density at radius 2 is 0.872 bits per heavy atom. The molecule has 4 aromatic rings. The molecule has 3 aliphatic rings. The molecule has 0 unspecified atom stereocenters. The lowest BCUT2D eigenvalue weighted by Crippen LogP contribution is -2.43. The number of imide groups is 3. The van der Waals surface area contributed by atoms with Crippen LogP contribution in [0.1, 0.15) is 59.5 Å². The predicted molar refractivity (Wildman–Crippen MR) is 166 cm³/mol. The molecule has 11 heteroatoms. The molecule has 3 heterocycles. The molecule has 0 fully saturated rings. The highest BCUT2D eigenvalue weighted by Crippen LogP contribution is 2.32. The lowest BCUT2D eigenvalue weighted by molar-refractivity contribution is -0.138. The van der Waals surface area contributed by atoms with Crippen molar-refractivity contribution in [1.29, 1.82) is 0 Å². The van der Waals surface area contributed by atoms with Crippen LogP contribution in [0.4, 0.5) is 0 Å². The van der Waals surface area contributed by atoms with E-state index >= 15 is 0 Å². The number of carbonyl (C=O) groups excluding carboxylic acids is 6. The predicted octanol–water partition coefficient (Wildman–Crippen LogP) is 4.96. The van der Waals surface area contributed by atoms with Gasteiger partial charge >= 0.3 is 0 Å². The van der Waals surface area contributed by atoms with E-state index in [0.717, 1.165) is 33.1 Å². The molecule has 0 N–H and O–H groups in total. The average Bonchev–Trinajstić information content (AvgIpc) is 3.61. The van der Waals surface area contributed by atoms with Crippen molar-refractivity contribution >= 4 is 35.4 Å². The third-order valence-corrected chi connectivity index (χ3v) is 8.11. The Morgan fingerprint density at radius 1 is 0.468 bits per heavy atom. The van der Waals surface area contributed by atoms with Crippen molar-refractivity contribution in [2.24, 2.45) is 0 Å². The van der Waals surface area contributed by atoms with Crippen LogP contribution >= 0.6 is 0 Å². The smallest absolute Gasteiger partial charge is 0.263 e. The lowest BCUT2D eigenvalue weighted by Gasteiger charge is -2.20. The van der Waals surface area contributed by atoms with Crippen LogP contribution in [0.25, 0.3) is 0 Å². The molecule has 0 aliphatic carbocycles. The van der Waals surface area contributed by atoms with Gasteiger partial charge in [-0.15, -0.1) is 0 Å². The Kier molecular flexibility index (Phi) is 7.20. The molecule has 0 atom stereocenters. The van der Waals surface area contributed by atoms with E-state index in [0.29, 0.717) is 47.1 Å². The number of hydrogen-bond acceptors (Lipinski definition) is 8. The fraction of sp³-hybridized carbons (Fsp3) is 0.111. The number of nitrogens with zero attached hydrogens (tertiary/aromatic N) is 3. The first kappa shape index (κ1) is 29.4. The summed E-state index contributed by atoms with van der Waals surface area (Å²) in [6, 6.07) is 24.4. The molecule has 0 bridgehead atoms. The summed E-state index contributed by atoms with van der Waals surface area (Å²) in [6.45, 7) is 1.61. The Labute approximate surface area is 268 Å². The quantitative estimate of drug-likeness (QED) is 0.238. The van der Waals surface area contributed by atoms with Crippen molar-refractivity contribution < 1.29 is 38.2 Å². The molecule has 7 rings (SSSR count). The van der Waals surface area contributed by atoms with Crippen molar-refractivity contribution in [2.75, 3.05) is 13.2 Å². The summed E-state index contributed by atoms with van der Waals surface area (Å²) in [6.07, 6.45) is 2.83. The second-order valence-corrected chi connectivity index (χ2v) is 11.1. The summed E-state index contributed by atoms with van der Waals surface area (Å²) >= 11 is 0. The standard InChI is InChI=1S/C36H25N3O8/c1-2-37-33(42)27-13-11-25(18-29(27)35(37)44)46-23-7-3-21(4-8-23)17-22-5-9-24(10-6-22)47-26-12-14-28-30(19-26)36(45)39(34(28)43)20-38-31(40)15-16-32(38)41/h3-16,18-19H,2,17,20H2,1H3. The van der Waals surface area contributed by atoms with Crippen molar-refractivity contribution in [2.45, 2.75) is 13.3 Å². The van der Waals surface area contributed by atoms with Gasteiger partial charge in [0.2, 0.25) is 0 Å². The highest BCUT2D eigenvalue weighted by Gasteiger charge is 2.39. The van der Waals surface area contributed by atoms with E-state index in [9.17, 15) is 28.8 Å². The number of hydrogen-bond donors (Lipinski definition) is 0. The molecule has 47 heavy (non-hydrogen) atoms. The molecule has 0 aromatic heterocycles. The zero-order chi connectivity index (χ0) is 32.8. The molecule has 232 valence electrons. The number of benzene rings is 4. The van der Waals surface area contributed by atoms with Gasteiger partial charge in [-0.2, -0.15) is 0 Å². The largest absolute Gasteiger partial charge is 0.457 e. The van der Waals surface area contributed by atoms with E-state index in [1.165, 1.54) is 17.0 Å². The SMILES string of the molecule is CCN1C(=O)c2ccc(Oc3ccc(Cc4ccc(Oc5ccc6c(c5)C(=O)N(CN5C(=O)C=CC5=O)C6=O)cc4)cc3)cc2C1=O. The molecular formula is C36H25N3O8. The summed E-state index contributed by atoms with van der Waals surface area (Å²) in [5.41, 5.74) is 3.09. The van der Waals surface area contributed by atoms with Crippen LogP contribution in [0, 0.1) is 0 Å².